The van der Waals surface area contributed by atoms with Crippen LogP contribution in [0.1, 0.15) is 18.4 Å². The van der Waals surface area contributed by atoms with Crippen molar-refractivity contribution in [2.24, 2.45) is 0 Å². The van der Waals surface area contributed by atoms with E-state index in [-0.39, 0.29) is 12.2 Å². The van der Waals surface area contributed by atoms with Crippen molar-refractivity contribution >= 4 is 15.7 Å². The molecule has 0 aromatic heterocycles. The highest BCUT2D eigenvalue weighted by Crippen LogP contribution is 2.39. The van der Waals surface area contributed by atoms with Crippen molar-refractivity contribution in [1.82, 2.24) is 4.72 Å². The number of rotatable bonds is 6. The van der Waals surface area contributed by atoms with E-state index in [1.165, 1.54) is 12.1 Å². The molecule has 146 valence electrons. The Bertz CT molecular complexity index is 912. The van der Waals surface area contributed by atoms with E-state index in [0.717, 1.165) is 11.6 Å². The van der Waals surface area contributed by atoms with E-state index in [1.54, 1.807) is 7.11 Å². The van der Waals surface area contributed by atoms with Gasteiger partial charge in [-0.05, 0) is 37.1 Å². The van der Waals surface area contributed by atoms with E-state index < -0.39 is 26.2 Å². The molecule has 2 aromatic carbocycles. The van der Waals surface area contributed by atoms with Crippen LogP contribution in [0.2, 0.25) is 0 Å². The van der Waals surface area contributed by atoms with Gasteiger partial charge in [-0.25, -0.2) is 17.5 Å². The lowest BCUT2D eigenvalue weighted by molar-refractivity contribution is 0.0508. The number of anilines is 1. The summed E-state index contributed by atoms with van der Waals surface area (Å²) in [4.78, 5) is -0.418. The lowest BCUT2D eigenvalue weighted by atomic mass is 9.74. The normalized spacial score (nSPS) is 16.8. The summed E-state index contributed by atoms with van der Waals surface area (Å²) in [7, 11) is -2.45. The molecule has 1 aliphatic heterocycles. The molecule has 0 unspecified atom stereocenters. The van der Waals surface area contributed by atoms with Crippen molar-refractivity contribution in [3.8, 4) is 5.75 Å². The smallest absolute Gasteiger partial charge is 0.243 e. The van der Waals surface area contributed by atoms with Crippen LogP contribution in [0.25, 0.3) is 0 Å². The van der Waals surface area contributed by atoms with Crippen LogP contribution in [-0.2, 0) is 20.2 Å². The number of ether oxygens (including phenoxy) is 2. The average molecular weight is 394 g/mol. The van der Waals surface area contributed by atoms with Crippen molar-refractivity contribution in [1.29, 1.82) is 0 Å². The van der Waals surface area contributed by atoms with Crippen molar-refractivity contribution in [3.63, 3.8) is 0 Å². The zero-order valence-corrected chi connectivity index (χ0v) is 15.9. The Morgan fingerprint density at radius 2 is 1.93 bits per heavy atom. The quantitative estimate of drug-likeness (QED) is 0.735. The third-order valence-corrected chi connectivity index (χ3v) is 6.41. The molecular formula is C19H23FN2O4S. The van der Waals surface area contributed by atoms with Gasteiger partial charge in [0, 0.05) is 36.4 Å². The number of methoxy groups -OCH3 is 1. The molecule has 0 spiro atoms. The summed E-state index contributed by atoms with van der Waals surface area (Å²) in [5.74, 6) is -0.182. The van der Waals surface area contributed by atoms with E-state index in [4.69, 9.17) is 15.2 Å². The number of nitrogen functional groups attached to an aromatic ring is 1. The summed E-state index contributed by atoms with van der Waals surface area (Å²) < 4.78 is 53.0. The summed E-state index contributed by atoms with van der Waals surface area (Å²) in [6.07, 6.45) is 1.25. The fourth-order valence-electron chi connectivity index (χ4n) is 3.43. The second-order valence-electron chi connectivity index (χ2n) is 6.61. The maximum atomic E-state index is 14.1. The van der Waals surface area contributed by atoms with Crippen LogP contribution in [0.3, 0.4) is 0 Å². The van der Waals surface area contributed by atoms with Crippen LogP contribution < -0.4 is 15.2 Å². The molecule has 1 fully saturated rings. The zero-order chi connectivity index (χ0) is 19.5. The van der Waals surface area contributed by atoms with Gasteiger partial charge in [-0.2, -0.15) is 0 Å². The molecule has 0 atom stereocenters. The first-order valence-corrected chi connectivity index (χ1v) is 10.1. The Labute approximate surface area is 158 Å². The first-order chi connectivity index (χ1) is 12.9. The van der Waals surface area contributed by atoms with Gasteiger partial charge in [-0.3, -0.25) is 0 Å². The Morgan fingerprint density at radius 1 is 1.22 bits per heavy atom. The molecule has 0 amide bonds. The number of halogens is 1. The summed E-state index contributed by atoms with van der Waals surface area (Å²) in [6, 6.07) is 11.1. The third kappa shape index (κ3) is 4.07. The van der Waals surface area contributed by atoms with Gasteiger partial charge in [0.15, 0.2) is 0 Å². The molecule has 1 aliphatic rings. The molecule has 2 aromatic rings. The zero-order valence-electron chi connectivity index (χ0n) is 15.1. The Morgan fingerprint density at radius 3 is 2.59 bits per heavy atom. The van der Waals surface area contributed by atoms with Gasteiger partial charge >= 0.3 is 0 Å². The van der Waals surface area contributed by atoms with E-state index >= 15 is 0 Å². The minimum absolute atomic E-state index is 0.114. The summed E-state index contributed by atoms with van der Waals surface area (Å²) in [6.45, 7) is 1.13. The lowest BCUT2D eigenvalue weighted by Crippen LogP contribution is -2.44. The molecule has 0 aliphatic carbocycles. The van der Waals surface area contributed by atoms with Crippen molar-refractivity contribution in [3.05, 3.63) is 53.8 Å². The average Bonchev–Trinajstić information content (AvgIpc) is 2.67. The molecule has 1 heterocycles. The lowest BCUT2D eigenvalue weighted by Gasteiger charge is -2.38. The molecule has 1 saturated heterocycles. The Hall–Kier alpha value is -2.16. The van der Waals surface area contributed by atoms with E-state index in [0.29, 0.717) is 31.8 Å². The number of hydrogen-bond donors (Lipinski definition) is 2. The van der Waals surface area contributed by atoms with E-state index in [2.05, 4.69) is 4.72 Å². The fourth-order valence-corrected chi connectivity index (χ4v) is 4.62. The van der Waals surface area contributed by atoms with E-state index in [9.17, 15) is 12.8 Å². The van der Waals surface area contributed by atoms with Crippen molar-refractivity contribution in [2.75, 3.05) is 32.6 Å². The van der Waals surface area contributed by atoms with Crippen LogP contribution in [0.4, 0.5) is 10.1 Å². The Kier molecular flexibility index (Phi) is 5.69. The third-order valence-electron chi connectivity index (χ3n) is 4.97. The molecule has 3 rings (SSSR count). The first kappa shape index (κ1) is 19.6. The van der Waals surface area contributed by atoms with Gasteiger partial charge in [0.1, 0.15) is 16.5 Å². The van der Waals surface area contributed by atoms with Gasteiger partial charge in [0.25, 0.3) is 0 Å². The van der Waals surface area contributed by atoms with Gasteiger partial charge in [-0.15, -0.1) is 0 Å². The monoisotopic (exact) mass is 394 g/mol. The number of nitrogens with two attached hydrogens (primary N) is 1. The minimum Gasteiger partial charge on any atom is -0.496 e. The molecule has 27 heavy (non-hydrogen) atoms. The highest BCUT2D eigenvalue weighted by atomic mass is 32.2. The van der Waals surface area contributed by atoms with E-state index in [1.807, 2.05) is 24.3 Å². The molecule has 6 nitrogen and oxygen atoms in total. The SMILES string of the molecule is COc1ccccc1C1(CNS(=O)(=O)c2ccc(N)cc2F)CCOCC1. The highest BCUT2D eigenvalue weighted by Gasteiger charge is 2.38. The Balaban J connectivity index is 1.92. The second kappa shape index (κ2) is 7.84. The summed E-state index contributed by atoms with van der Waals surface area (Å²) in [5, 5.41) is 0. The van der Waals surface area contributed by atoms with Gasteiger partial charge in [0.2, 0.25) is 10.0 Å². The van der Waals surface area contributed by atoms with Gasteiger partial charge in [-0.1, -0.05) is 18.2 Å². The fraction of sp³-hybridized carbons (Fsp3) is 0.368. The predicted octanol–water partition coefficient (Wildman–Crippen LogP) is 2.44. The van der Waals surface area contributed by atoms with Crippen LogP contribution in [0, 0.1) is 5.82 Å². The number of nitrogens with one attached hydrogen (secondary N) is 1. The molecule has 8 heteroatoms. The molecular weight excluding hydrogens is 371 g/mol. The van der Waals surface area contributed by atoms with Crippen LogP contribution >= 0.6 is 0 Å². The summed E-state index contributed by atoms with van der Waals surface area (Å²) in [5.41, 5.74) is 6.09. The van der Waals surface area contributed by atoms with Gasteiger partial charge < -0.3 is 15.2 Å². The van der Waals surface area contributed by atoms with Crippen molar-refractivity contribution in [2.45, 2.75) is 23.2 Å². The number of hydrogen-bond acceptors (Lipinski definition) is 5. The number of para-hydroxylation sites is 1. The summed E-state index contributed by atoms with van der Waals surface area (Å²) >= 11 is 0. The van der Waals surface area contributed by atoms with Crippen LogP contribution in [0.5, 0.6) is 5.75 Å². The maximum Gasteiger partial charge on any atom is 0.243 e. The first-order valence-electron chi connectivity index (χ1n) is 8.64. The predicted molar refractivity (Wildman–Crippen MR) is 101 cm³/mol. The molecule has 0 saturated carbocycles. The molecule has 0 bridgehead atoms. The van der Waals surface area contributed by atoms with Crippen LogP contribution in [-0.4, -0.2) is 35.3 Å². The van der Waals surface area contributed by atoms with Crippen LogP contribution in [0.15, 0.2) is 47.4 Å². The highest BCUT2D eigenvalue weighted by molar-refractivity contribution is 7.89. The standard InChI is InChI=1S/C19H23FN2O4S/c1-25-17-5-3-2-4-15(17)19(8-10-26-11-9-19)13-22-27(23,24)18-7-6-14(21)12-16(18)20/h2-7,12,22H,8-11,13,21H2,1H3. The maximum absolute atomic E-state index is 14.1. The second-order valence-corrected chi connectivity index (χ2v) is 8.34. The van der Waals surface area contributed by atoms with Crippen molar-refractivity contribution < 1.29 is 22.3 Å². The molecule has 3 N–H and O–H groups in total. The number of benzene rings is 2. The topological polar surface area (TPSA) is 90.7 Å². The largest absolute Gasteiger partial charge is 0.496 e. The van der Waals surface area contributed by atoms with Gasteiger partial charge in [0.05, 0.1) is 7.11 Å². The minimum atomic E-state index is -4.03. The number of sulfonamides is 1. The molecule has 0 radical (unpaired) electrons.